The minimum absolute atomic E-state index is 0.211. The van der Waals surface area contributed by atoms with Gasteiger partial charge in [-0.2, -0.15) is 0 Å². The molecular formula is C66H45N. The van der Waals surface area contributed by atoms with Crippen LogP contribution >= 0.6 is 0 Å². The summed E-state index contributed by atoms with van der Waals surface area (Å²) in [7, 11) is 0. The molecule has 0 radical (unpaired) electrons. The average molecular weight is 852 g/mol. The molecule has 1 heteroatoms. The first-order chi connectivity index (χ1) is 32.9. The van der Waals surface area contributed by atoms with Gasteiger partial charge in [-0.3, -0.25) is 0 Å². The van der Waals surface area contributed by atoms with Crippen molar-refractivity contribution in [1.82, 2.24) is 0 Å². The maximum absolute atomic E-state index is 2.64. The number of rotatable bonds is 3. The second kappa shape index (κ2) is 12.9. The van der Waals surface area contributed by atoms with Crippen molar-refractivity contribution in [3.8, 4) is 66.8 Å². The molecule has 0 saturated carbocycles. The highest BCUT2D eigenvalue weighted by Crippen LogP contribution is 2.67. The average Bonchev–Trinajstić information content (AvgIpc) is 4.02. The van der Waals surface area contributed by atoms with Crippen LogP contribution in [0.25, 0.3) is 66.8 Å². The van der Waals surface area contributed by atoms with Crippen LogP contribution in [0.15, 0.2) is 218 Å². The molecule has 10 aromatic rings. The molecule has 4 aliphatic carbocycles. The predicted molar refractivity (Wildman–Crippen MR) is 277 cm³/mol. The van der Waals surface area contributed by atoms with Gasteiger partial charge in [0.1, 0.15) is 0 Å². The van der Waals surface area contributed by atoms with Crippen molar-refractivity contribution in [1.29, 1.82) is 0 Å². The fourth-order valence-electron chi connectivity index (χ4n) is 13.6. The van der Waals surface area contributed by atoms with E-state index in [1.807, 2.05) is 0 Å². The largest absolute Gasteiger partial charge is 0.309 e. The van der Waals surface area contributed by atoms with Gasteiger partial charge in [0.15, 0.2) is 0 Å². The molecule has 0 amide bonds. The van der Waals surface area contributed by atoms with Crippen molar-refractivity contribution in [2.45, 2.75) is 37.0 Å². The summed E-state index contributed by atoms with van der Waals surface area (Å²) in [5.41, 5.74) is 30.1. The van der Waals surface area contributed by atoms with E-state index in [2.05, 4.69) is 244 Å². The van der Waals surface area contributed by atoms with Crippen LogP contribution in [-0.4, -0.2) is 0 Å². The maximum atomic E-state index is 2.64. The SMILES string of the molecule is CC1(C)c2cc(-c3ccccc3)ccc2-c2c(N3c4ccc5c(c4)C(C)(c4ccc6c(c4)C4(c7ccccc7-c7ccccc74)c4cccc3c4-6)c3cc(-c4ccccc4)ccc3-5)cccc21. The third-order valence-corrected chi connectivity index (χ3v) is 16.7. The molecular weight excluding hydrogens is 807 g/mol. The lowest BCUT2D eigenvalue weighted by atomic mass is 9.68. The van der Waals surface area contributed by atoms with Crippen LogP contribution in [0.3, 0.4) is 0 Å². The minimum Gasteiger partial charge on any atom is -0.309 e. The zero-order valence-electron chi connectivity index (χ0n) is 37.7. The van der Waals surface area contributed by atoms with Crippen molar-refractivity contribution < 1.29 is 0 Å². The van der Waals surface area contributed by atoms with E-state index in [9.17, 15) is 0 Å². The summed E-state index contributed by atoms with van der Waals surface area (Å²) in [5, 5.41) is 0. The predicted octanol–water partition coefficient (Wildman–Crippen LogP) is 16.8. The molecule has 10 aromatic carbocycles. The minimum atomic E-state index is -0.504. The Morgan fingerprint density at radius 2 is 0.776 bits per heavy atom. The second-order valence-corrected chi connectivity index (χ2v) is 20.1. The van der Waals surface area contributed by atoms with Crippen LogP contribution in [-0.2, 0) is 16.2 Å². The van der Waals surface area contributed by atoms with E-state index in [1.54, 1.807) is 0 Å². The lowest BCUT2D eigenvalue weighted by Gasteiger charge is -2.35. The van der Waals surface area contributed by atoms with E-state index < -0.39 is 10.8 Å². The Bertz CT molecular complexity index is 3750. The Balaban J connectivity index is 1.07. The summed E-state index contributed by atoms with van der Waals surface area (Å²) >= 11 is 0. The third-order valence-electron chi connectivity index (χ3n) is 16.7. The quantitative estimate of drug-likeness (QED) is 0.171. The van der Waals surface area contributed by atoms with E-state index >= 15 is 0 Å². The maximum Gasteiger partial charge on any atom is 0.0726 e. The molecule has 1 spiro atoms. The molecule has 314 valence electrons. The molecule has 16 rings (SSSR count). The molecule has 6 aliphatic rings. The fraction of sp³-hybridized carbons (Fsp3) is 0.0909. The summed E-state index contributed by atoms with van der Waals surface area (Å²) in [6, 6.07) is 83.7. The number of nitrogens with zero attached hydrogens (tertiary/aromatic N) is 1. The van der Waals surface area contributed by atoms with Crippen LogP contribution in [0.1, 0.15) is 70.8 Å². The van der Waals surface area contributed by atoms with Crippen molar-refractivity contribution in [2.75, 3.05) is 4.90 Å². The van der Waals surface area contributed by atoms with Gasteiger partial charge in [0, 0.05) is 27.6 Å². The van der Waals surface area contributed by atoms with E-state index in [0.717, 1.165) is 0 Å². The van der Waals surface area contributed by atoms with Gasteiger partial charge < -0.3 is 4.90 Å². The first-order valence-electron chi connectivity index (χ1n) is 23.8. The van der Waals surface area contributed by atoms with Crippen LogP contribution in [0.2, 0.25) is 0 Å². The monoisotopic (exact) mass is 851 g/mol. The topological polar surface area (TPSA) is 3.24 Å². The van der Waals surface area contributed by atoms with Crippen molar-refractivity contribution >= 4 is 17.1 Å². The number of anilines is 3. The van der Waals surface area contributed by atoms with Gasteiger partial charge in [0.2, 0.25) is 0 Å². The van der Waals surface area contributed by atoms with Crippen molar-refractivity contribution in [2.24, 2.45) is 0 Å². The standard InChI is InChI=1S/C66H45N/c1-64(2)54-24-14-26-60(62(54)50-33-29-42(36-56(50)64)40-16-6-4-7-17-40)67-45-31-35-49-48-32-28-43(41-18-8-5-9-19-41)37-57(48)65(3,58(49)39-45)44-30-34-51-59(38-44)66(55-25-15-27-61(67)63(51)55)52-22-12-10-20-46(52)47-21-11-13-23-53(47)66/h4-39H,1-3H3. The van der Waals surface area contributed by atoms with E-state index in [1.165, 1.54) is 134 Å². The van der Waals surface area contributed by atoms with E-state index in [4.69, 9.17) is 0 Å². The zero-order chi connectivity index (χ0) is 44.4. The Labute approximate surface area is 392 Å². The summed E-state index contributed by atoms with van der Waals surface area (Å²) in [4.78, 5) is 2.64. The van der Waals surface area contributed by atoms with Crippen LogP contribution < -0.4 is 4.90 Å². The third kappa shape index (κ3) is 4.55. The second-order valence-electron chi connectivity index (χ2n) is 20.1. The molecule has 1 unspecified atom stereocenters. The summed E-state index contributed by atoms with van der Waals surface area (Å²) in [5.74, 6) is 0. The summed E-state index contributed by atoms with van der Waals surface area (Å²) in [6.45, 7) is 7.33. The van der Waals surface area contributed by atoms with Gasteiger partial charge in [-0.25, -0.2) is 0 Å². The van der Waals surface area contributed by atoms with Crippen LogP contribution in [0.4, 0.5) is 17.1 Å². The molecule has 1 atom stereocenters. The Morgan fingerprint density at radius 3 is 1.43 bits per heavy atom. The van der Waals surface area contributed by atoms with Crippen molar-refractivity contribution in [3.05, 3.63) is 268 Å². The van der Waals surface area contributed by atoms with E-state index in [0.29, 0.717) is 0 Å². The molecule has 1 nitrogen and oxygen atoms in total. The molecule has 67 heavy (non-hydrogen) atoms. The zero-order valence-corrected chi connectivity index (χ0v) is 37.7. The molecule has 0 saturated heterocycles. The number of hydrogen-bond donors (Lipinski definition) is 0. The summed E-state index contributed by atoms with van der Waals surface area (Å²) < 4.78 is 0. The number of fused-ring (bicyclic) bond motifs is 12. The Kier molecular flexibility index (Phi) is 7.15. The molecule has 2 aliphatic heterocycles. The lowest BCUT2D eigenvalue weighted by molar-refractivity contribution is 0.660. The van der Waals surface area contributed by atoms with Gasteiger partial charge in [0.05, 0.1) is 16.8 Å². The Hall–Kier alpha value is -8.00. The Morgan fingerprint density at radius 1 is 0.299 bits per heavy atom. The van der Waals surface area contributed by atoms with Crippen LogP contribution in [0, 0.1) is 0 Å². The first-order valence-corrected chi connectivity index (χ1v) is 23.8. The number of benzene rings is 10. The highest BCUT2D eigenvalue weighted by Gasteiger charge is 2.54. The number of hydrogen-bond acceptors (Lipinski definition) is 1. The summed E-state index contributed by atoms with van der Waals surface area (Å²) in [6.07, 6.45) is 0. The van der Waals surface area contributed by atoms with Crippen LogP contribution in [0.5, 0.6) is 0 Å². The highest BCUT2D eigenvalue weighted by atomic mass is 15.1. The van der Waals surface area contributed by atoms with Crippen molar-refractivity contribution in [3.63, 3.8) is 0 Å². The smallest absolute Gasteiger partial charge is 0.0726 e. The van der Waals surface area contributed by atoms with Gasteiger partial charge in [-0.05, 0) is 149 Å². The first kappa shape index (κ1) is 37.2. The van der Waals surface area contributed by atoms with Gasteiger partial charge in [-0.1, -0.05) is 196 Å². The lowest BCUT2D eigenvalue weighted by Crippen LogP contribution is -2.28. The normalized spacial score (nSPS) is 17.1. The van der Waals surface area contributed by atoms with Gasteiger partial charge in [0.25, 0.3) is 0 Å². The molecule has 2 heterocycles. The molecule has 6 bridgehead atoms. The fourth-order valence-corrected chi connectivity index (χ4v) is 13.6. The van der Waals surface area contributed by atoms with Gasteiger partial charge >= 0.3 is 0 Å². The molecule has 0 fully saturated rings. The molecule has 0 aromatic heterocycles. The molecule has 0 N–H and O–H groups in total. The van der Waals surface area contributed by atoms with Gasteiger partial charge in [-0.15, -0.1) is 0 Å². The highest BCUT2D eigenvalue weighted by molar-refractivity contribution is 6.05. The van der Waals surface area contributed by atoms with E-state index in [-0.39, 0.29) is 5.41 Å².